The molecule has 2 aliphatic heterocycles. The number of piperidine rings is 1. The van der Waals surface area contributed by atoms with E-state index in [9.17, 15) is 18.0 Å². The summed E-state index contributed by atoms with van der Waals surface area (Å²) in [7, 11) is -3.70. The first kappa shape index (κ1) is 24.0. The minimum atomic E-state index is -3.70. The number of ether oxygens (including phenoxy) is 2. The summed E-state index contributed by atoms with van der Waals surface area (Å²) in [6.45, 7) is 4.97. The van der Waals surface area contributed by atoms with E-state index in [-0.39, 0.29) is 35.7 Å². The second kappa shape index (κ2) is 10.0. The van der Waals surface area contributed by atoms with Gasteiger partial charge in [0.1, 0.15) is 13.2 Å². The molecular weight excluding hydrogens is 458 g/mol. The molecule has 2 N–H and O–H groups in total. The van der Waals surface area contributed by atoms with Crippen molar-refractivity contribution >= 4 is 33.2 Å². The summed E-state index contributed by atoms with van der Waals surface area (Å²) in [5.74, 6) is 0.398. The maximum atomic E-state index is 13.1. The molecule has 0 unspecified atom stereocenters. The van der Waals surface area contributed by atoms with Gasteiger partial charge >= 0.3 is 0 Å². The number of rotatable bonds is 6. The second-order valence-corrected chi connectivity index (χ2v) is 10.3. The third-order valence-corrected chi connectivity index (χ3v) is 7.97. The summed E-state index contributed by atoms with van der Waals surface area (Å²) in [6, 6.07) is 10.00. The van der Waals surface area contributed by atoms with Gasteiger partial charge in [-0.3, -0.25) is 9.59 Å². The molecule has 0 aromatic heterocycles. The minimum absolute atomic E-state index is 0.104. The quantitative estimate of drug-likeness (QED) is 0.647. The Morgan fingerprint density at radius 3 is 2.41 bits per heavy atom. The molecule has 0 aliphatic carbocycles. The van der Waals surface area contributed by atoms with Gasteiger partial charge in [-0.05, 0) is 49.6 Å². The lowest BCUT2D eigenvalue weighted by atomic mass is 9.97. The summed E-state index contributed by atoms with van der Waals surface area (Å²) in [5, 5.41) is 5.73. The van der Waals surface area contributed by atoms with Crippen LogP contribution in [0.4, 0.5) is 11.4 Å². The van der Waals surface area contributed by atoms with Crippen molar-refractivity contribution in [3.63, 3.8) is 0 Å². The van der Waals surface area contributed by atoms with Crippen LogP contribution in [0.15, 0.2) is 41.3 Å². The van der Waals surface area contributed by atoms with Crippen LogP contribution in [0.3, 0.4) is 0 Å². The molecule has 2 heterocycles. The summed E-state index contributed by atoms with van der Waals surface area (Å²) in [4.78, 5) is 24.7. The molecule has 10 heteroatoms. The Morgan fingerprint density at radius 1 is 1.00 bits per heavy atom. The molecule has 2 aromatic carbocycles. The molecule has 9 nitrogen and oxygen atoms in total. The van der Waals surface area contributed by atoms with Gasteiger partial charge in [0.25, 0.3) is 0 Å². The van der Waals surface area contributed by atoms with Gasteiger partial charge < -0.3 is 20.1 Å². The van der Waals surface area contributed by atoms with Crippen LogP contribution < -0.4 is 20.1 Å². The number of benzene rings is 2. The van der Waals surface area contributed by atoms with Crippen molar-refractivity contribution in [1.82, 2.24) is 4.31 Å². The molecule has 2 amide bonds. The number of nitrogens with one attached hydrogen (secondary N) is 2. The predicted molar refractivity (Wildman–Crippen MR) is 128 cm³/mol. The first-order valence-corrected chi connectivity index (χ1v) is 12.8. The molecular formula is C24H29N3O6S. The van der Waals surface area contributed by atoms with E-state index in [2.05, 4.69) is 10.6 Å². The fourth-order valence-electron chi connectivity index (χ4n) is 4.01. The highest BCUT2D eigenvalue weighted by Crippen LogP contribution is 2.34. The molecule has 4 rings (SSSR count). The van der Waals surface area contributed by atoms with Gasteiger partial charge in [0.05, 0.1) is 4.90 Å². The van der Waals surface area contributed by atoms with E-state index >= 15 is 0 Å². The molecule has 0 saturated carbocycles. The lowest BCUT2D eigenvalue weighted by Gasteiger charge is -2.31. The Balaban J connectivity index is 1.38. The normalized spacial score (nSPS) is 16.6. The van der Waals surface area contributed by atoms with Crippen LogP contribution in [0.5, 0.6) is 11.5 Å². The second-order valence-electron chi connectivity index (χ2n) is 8.40. The maximum absolute atomic E-state index is 13.1. The van der Waals surface area contributed by atoms with Crippen molar-refractivity contribution in [2.45, 2.75) is 38.0 Å². The lowest BCUT2D eigenvalue weighted by molar-refractivity contribution is -0.121. The first-order valence-electron chi connectivity index (χ1n) is 11.4. The number of hydrogen-bond donors (Lipinski definition) is 2. The molecule has 0 bridgehead atoms. The molecule has 1 saturated heterocycles. The van der Waals surface area contributed by atoms with Gasteiger partial charge in [-0.1, -0.05) is 13.0 Å². The molecule has 182 valence electrons. The van der Waals surface area contributed by atoms with E-state index in [1.165, 1.54) is 16.4 Å². The van der Waals surface area contributed by atoms with E-state index in [1.807, 2.05) is 13.0 Å². The fraction of sp³-hybridized carbons (Fsp3) is 0.417. The number of fused-ring (bicyclic) bond motifs is 1. The SMILES string of the molecule is CCC(=O)Nc1ccc(C)c(NC(=O)C2CCN(S(=O)(=O)c3ccc4c(c3)OCCO4)CC2)c1. The van der Waals surface area contributed by atoms with Crippen molar-refractivity contribution < 1.29 is 27.5 Å². The van der Waals surface area contributed by atoms with Gasteiger partial charge in [-0.15, -0.1) is 0 Å². The largest absolute Gasteiger partial charge is 0.486 e. The van der Waals surface area contributed by atoms with Crippen molar-refractivity contribution in [3.8, 4) is 11.5 Å². The van der Waals surface area contributed by atoms with Crippen molar-refractivity contribution in [1.29, 1.82) is 0 Å². The number of anilines is 2. The molecule has 0 spiro atoms. The van der Waals surface area contributed by atoms with Crippen LogP contribution in [0, 0.1) is 12.8 Å². The van der Waals surface area contributed by atoms with Gasteiger partial charge in [-0.25, -0.2) is 8.42 Å². The van der Waals surface area contributed by atoms with Crippen molar-refractivity contribution in [2.75, 3.05) is 36.9 Å². The number of hydrogen-bond acceptors (Lipinski definition) is 6. The van der Waals surface area contributed by atoms with Crippen LogP contribution in [0.1, 0.15) is 31.7 Å². The highest BCUT2D eigenvalue weighted by Gasteiger charge is 2.33. The lowest BCUT2D eigenvalue weighted by Crippen LogP contribution is -2.41. The highest BCUT2D eigenvalue weighted by atomic mass is 32.2. The van der Waals surface area contributed by atoms with E-state index in [0.717, 1.165) is 5.56 Å². The third kappa shape index (κ3) is 5.18. The van der Waals surface area contributed by atoms with Crippen molar-refractivity contribution in [2.24, 2.45) is 5.92 Å². The Bertz CT molecular complexity index is 1190. The maximum Gasteiger partial charge on any atom is 0.243 e. The molecule has 2 aliphatic rings. The number of amides is 2. The average molecular weight is 488 g/mol. The molecule has 0 radical (unpaired) electrons. The van der Waals surface area contributed by atoms with Crippen LogP contribution in [-0.2, 0) is 19.6 Å². The Morgan fingerprint density at radius 2 is 1.71 bits per heavy atom. The van der Waals surface area contributed by atoms with Gasteiger partial charge in [-0.2, -0.15) is 4.31 Å². The number of sulfonamides is 1. The monoisotopic (exact) mass is 487 g/mol. The molecule has 34 heavy (non-hydrogen) atoms. The Labute approximate surface area is 199 Å². The van der Waals surface area contributed by atoms with E-state index in [0.29, 0.717) is 55.4 Å². The predicted octanol–water partition coefficient (Wildman–Crippen LogP) is 3.15. The fourth-order valence-corrected chi connectivity index (χ4v) is 5.50. The van der Waals surface area contributed by atoms with Crippen LogP contribution >= 0.6 is 0 Å². The highest BCUT2D eigenvalue weighted by molar-refractivity contribution is 7.89. The molecule has 2 aromatic rings. The van der Waals surface area contributed by atoms with Gasteiger partial charge in [0.2, 0.25) is 21.8 Å². The van der Waals surface area contributed by atoms with Gasteiger partial charge in [0.15, 0.2) is 11.5 Å². The number of carbonyl (C=O) groups excluding carboxylic acids is 2. The molecule has 1 fully saturated rings. The van der Waals surface area contributed by atoms with E-state index < -0.39 is 10.0 Å². The topological polar surface area (TPSA) is 114 Å². The van der Waals surface area contributed by atoms with Gasteiger partial charge in [0, 0.05) is 42.9 Å². The Hall–Kier alpha value is -3.11. The zero-order chi connectivity index (χ0) is 24.3. The van der Waals surface area contributed by atoms with Crippen LogP contribution in [-0.4, -0.2) is 50.8 Å². The summed E-state index contributed by atoms with van der Waals surface area (Å²) < 4.78 is 38.7. The number of carbonyl (C=O) groups is 2. The summed E-state index contributed by atoms with van der Waals surface area (Å²) in [6.07, 6.45) is 1.20. The number of aryl methyl sites for hydroxylation is 1. The summed E-state index contributed by atoms with van der Waals surface area (Å²) >= 11 is 0. The van der Waals surface area contributed by atoms with Crippen molar-refractivity contribution in [3.05, 3.63) is 42.0 Å². The standard InChI is InChI=1S/C24H29N3O6S/c1-3-23(28)25-18-5-4-16(2)20(14-18)26-24(29)17-8-10-27(11-9-17)34(30,31)19-6-7-21-22(15-19)33-13-12-32-21/h4-7,14-15,17H,3,8-13H2,1-2H3,(H,25,28)(H,26,29). The average Bonchev–Trinajstić information content (AvgIpc) is 2.85. The van der Waals surface area contributed by atoms with E-state index in [1.54, 1.807) is 25.1 Å². The zero-order valence-electron chi connectivity index (χ0n) is 19.3. The number of nitrogens with zero attached hydrogens (tertiary/aromatic N) is 1. The van der Waals surface area contributed by atoms with Crippen LogP contribution in [0.2, 0.25) is 0 Å². The Kier molecular flexibility index (Phi) is 7.08. The van der Waals surface area contributed by atoms with Crippen LogP contribution in [0.25, 0.3) is 0 Å². The summed E-state index contributed by atoms with van der Waals surface area (Å²) in [5.41, 5.74) is 2.12. The molecule has 0 atom stereocenters. The van der Waals surface area contributed by atoms with E-state index in [4.69, 9.17) is 9.47 Å². The zero-order valence-corrected chi connectivity index (χ0v) is 20.1. The first-order chi connectivity index (χ1) is 16.3. The smallest absolute Gasteiger partial charge is 0.243 e. The minimum Gasteiger partial charge on any atom is -0.486 e. The third-order valence-electron chi connectivity index (χ3n) is 6.08.